The Labute approximate surface area is 248 Å². The van der Waals surface area contributed by atoms with Crippen molar-refractivity contribution < 1.29 is 27.5 Å². The van der Waals surface area contributed by atoms with E-state index in [0.717, 1.165) is 41.1 Å². The fourth-order valence-electron chi connectivity index (χ4n) is 5.09. The Kier molecular flexibility index (Phi) is 10.1. The largest absolute Gasteiger partial charge is 0.493 e. The molecule has 3 aromatic rings. The number of hydrogen-bond donors (Lipinski definition) is 1. The monoisotopic (exact) mass is 593 g/mol. The smallest absolute Gasteiger partial charge is 0.264 e. The number of hydrogen-bond acceptors (Lipinski definition) is 6. The molecular formula is C32H39N3O6S. The second-order valence-corrected chi connectivity index (χ2v) is 12.4. The highest BCUT2D eigenvalue weighted by atomic mass is 32.2. The lowest BCUT2D eigenvalue weighted by Crippen LogP contribution is -2.52. The van der Waals surface area contributed by atoms with Crippen molar-refractivity contribution in [3.63, 3.8) is 0 Å². The summed E-state index contributed by atoms with van der Waals surface area (Å²) in [5, 5.41) is 3.08. The summed E-state index contributed by atoms with van der Waals surface area (Å²) >= 11 is 0. The highest BCUT2D eigenvalue weighted by Crippen LogP contribution is 2.32. The Bertz CT molecular complexity index is 1470. The summed E-state index contributed by atoms with van der Waals surface area (Å²) in [6.45, 7) is 3.30. The summed E-state index contributed by atoms with van der Waals surface area (Å²) in [7, 11) is -1.34. The third-order valence-corrected chi connectivity index (χ3v) is 9.38. The molecule has 1 atom stereocenters. The molecule has 0 aliphatic heterocycles. The van der Waals surface area contributed by atoms with Gasteiger partial charge in [0.15, 0.2) is 11.5 Å². The fourth-order valence-corrected chi connectivity index (χ4v) is 6.52. The van der Waals surface area contributed by atoms with E-state index < -0.39 is 28.5 Å². The van der Waals surface area contributed by atoms with Gasteiger partial charge in [-0.3, -0.25) is 13.9 Å². The second kappa shape index (κ2) is 13.7. The zero-order chi connectivity index (χ0) is 30.3. The van der Waals surface area contributed by atoms with Gasteiger partial charge in [-0.25, -0.2) is 8.42 Å². The lowest BCUT2D eigenvalue weighted by Gasteiger charge is -2.32. The van der Waals surface area contributed by atoms with Crippen molar-refractivity contribution in [2.45, 2.75) is 63.1 Å². The van der Waals surface area contributed by atoms with Gasteiger partial charge in [0, 0.05) is 18.7 Å². The Hall–Kier alpha value is -4.05. The first-order valence-electron chi connectivity index (χ1n) is 14.1. The van der Waals surface area contributed by atoms with Gasteiger partial charge in [-0.2, -0.15) is 0 Å². The number of nitrogens with zero attached hydrogens (tertiary/aromatic N) is 2. The van der Waals surface area contributed by atoms with E-state index >= 15 is 0 Å². The molecule has 0 aromatic heterocycles. The van der Waals surface area contributed by atoms with E-state index in [9.17, 15) is 18.0 Å². The number of para-hydroxylation sites is 1. The van der Waals surface area contributed by atoms with E-state index in [0.29, 0.717) is 11.4 Å². The van der Waals surface area contributed by atoms with Crippen LogP contribution in [0.2, 0.25) is 0 Å². The van der Waals surface area contributed by atoms with E-state index in [4.69, 9.17) is 9.47 Å². The lowest BCUT2D eigenvalue weighted by atomic mass is 10.1. The second-order valence-electron chi connectivity index (χ2n) is 10.5. The zero-order valence-corrected chi connectivity index (χ0v) is 25.4. The highest BCUT2D eigenvalue weighted by molar-refractivity contribution is 7.92. The van der Waals surface area contributed by atoms with Gasteiger partial charge in [-0.1, -0.05) is 60.9 Å². The average molecular weight is 594 g/mol. The molecule has 2 amide bonds. The number of aryl methyl sites for hydroxylation is 1. The number of carbonyl (C=O) groups excluding carboxylic acids is 2. The minimum absolute atomic E-state index is 0.0612. The first-order chi connectivity index (χ1) is 20.1. The van der Waals surface area contributed by atoms with Gasteiger partial charge < -0.3 is 19.7 Å². The molecule has 1 aliphatic rings. The van der Waals surface area contributed by atoms with E-state index in [2.05, 4.69) is 5.32 Å². The van der Waals surface area contributed by atoms with E-state index in [-0.39, 0.29) is 29.1 Å². The molecule has 0 saturated heterocycles. The summed E-state index contributed by atoms with van der Waals surface area (Å²) in [6, 6.07) is 19.7. The number of methoxy groups -OCH3 is 2. The number of amides is 2. The summed E-state index contributed by atoms with van der Waals surface area (Å²) in [4.78, 5) is 28.8. The van der Waals surface area contributed by atoms with Crippen molar-refractivity contribution in [1.29, 1.82) is 0 Å². The first-order valence-corrected chi connectivity index (χ1v) is 15.5. The lowest BCUT2D eigenvalue weighted by molar-refractivity contribution is -0.139. The number of benzene rings is 3. The van der Waals surface area contributed by atoms with Crippen LogP contribution in [-0.2, 0) is 26.2 Å². The molecule has 10 heteroatoms. The Morgan fingerprint density at radius 1 is 0.929 bits per heavy atom. The van der Waals surface area contributed by atoms with Gasteiger partial charge in [-0.15, -0.1) is 0 Å². The molecule has 1 N–H and O–H groups in total. The predicted octanol–water partition coefficient (Wildman–Crippen LogP) is 4.68. The van der Waals surface area contributed by atoms with Crippen molar-refractivity contribution in [2.75, 3.05) is 25.1 Å². The molecule has 224 valence electrons. The Morgan fingerprint density at radius 3 is 2.19 bits per heavy atom. The molecule has 4 rings (SSSR count). The number of anilines is 1. The minimum atomic E-state index is -4.23. The number of nitrogens with one attached hydrogen (secondary N) is 1. The van der Waals surface area contributed by atoms with E-state index in [1.807, 2.05) is 31.2 Å². The normalized spacial score (nSPS) is 14.2. The van der Waals surface area contributed by atoms with Crippen molar-refractivity contribution >= 4 is 27.5 Å². The Morgan fingerprint density at radius 2 is 1.57 bits per heavy atom. The zero-order valence-electron chi connectivity index (χ0n) is 24.6. The van der Waals surface area contributed by atoms with E-state index in [1.165, 1.54) is 37.3 Å². The molecule has 1 fully saturated rings. The summed E-state index contributed by atoms with van der Waals surface area (Å²) in [5.74, 6) is -0.129. The van der Waals surface area contributed by atoms with Gasteiger partial charge in [0.05, 0.1) is 24.8 Å². The summed E-state index contributed by atoms with van der Waals surface area (Å²) in [5.41, 5.74) is 2.22. The molecule has 0 heterocycles. The van der Waals surface area contributed by atoms with Crippen molar-refractivity contribution in [3.8, 4) is 11.5 Å². The maximum Gasteiger partial charge on any atom is 0.264 e. The van der Waals surface area contributed by atoms with Crippen molar-refractivity contribution in [1.82, 2.24) is 10.2 Å². The Balaban J connectivity index is 1.69. The van der Waals surface area contributed by atoms with Crippen LogP contribution in [0.25, 0.3) is 0 Å². The molecule has 1 aliphatic carbocycles. The van der Waals surface area contributed by atoms with Crippen molar-refractivity contribution in [3.05, 3.63) is 83.9 Å². The molecule has 0 bridgehead atoms. The SMILES string of the molecule is COc1ccc(S(=O)(=O)N(CC(=O)N(Cc2ccc(C)cc2)C(C)C(=O)NC2CCCC2)c2ccccc2)cc1OC. The van der Waals surface area contributed by atoms with Crippen LogP contribution in [0.1, 0.15) is 43.7 Å². The number of carbonyl (C=O) groups is 2. The molecule has 9 nitrogen and oxygen atoms in total. The molecule has 3 aromatic carbocycles. The maximum atomic E-state index is 14.1. The molecule has 0 spiro atoms. The quantitative estimate of drug-likeness (QED) is 0.327. The molecule has 1 unspecified atom stereocenters. The number of ether oxygens (including phenoxy) is 2. The topological polar surface area (TPSA) is 105 Å². The molecular weight excluding hydrogens is 554 g/mol. The average Bonchev–Trinajstić information content (AvgIpc) is 3.52. The van der Waals surface area contributed by atoms with Gasteiger partial charge in [0.1, 0.15) is 12.6 Å². The maximum absolute atomic E-state index is 14.1. The van der Waals surface area contributed by atoms with Crippen LogP contribution in [0.4, 0.5) is 5.69 Å². The van der Waals surface area contributed by atoms with Crippen LogP contribution in [-0.4, -0.2) is 58.0 Å². The van der Waals surface area contributed by atoms with Crippen LogP contribution in [0.5, 0.6) is 11.5 Å². The molecule has 0 radical (unpaired) electrons. The number of rotatable bonds is 12. The van der Waals surface area contributed by atoms with Crippen LogP contribution in [0.15, 0.2) is 77.7 Å². The van der Waals surface area contributed by atoms with Gasteiger partial charge in [0.2, 0.25) is 11.8 Å². The van der Waals surface area contributed by atoms with Gasteiger partial charge >= 0.3 is 0 Å². The summed E-state index contributed by atoms with van der Waals surface area (Å²) < 4.78 is 39.8. The van der Waals surface area contributed by atoms with Crippen molar-refractivity contribution in [2.24, 2.45) is 0 Å². The third kappa shape index (κ3) is 7.23. The fraction of sp³-hybridized carbons (Fsp3) is 0.375. The van der Waals surface area contributed by atoms with E-state index in [1.54, 1.807) is 37.3 Å². The van der Waals surface area contributed by atoms with Crippen LogP contribution in [0, 0.1) is 6.92 Å². The predicted molar refractivity (Wildman–Crippen MR) is 162 cm³/mol. The molecule has 42 heavy (non-hydrogen) atoms. The standard InChI is InChI=1S/C32H39N3O6S/c1-23-14-16-25(17-15-23)21-34(24(2)32(37)33-26-10-8-9-11-26)31(36)22-35(27-12-6-5-7-13-27)42(38,39)28-18-19-29(40-3)30(20-28)41-4/h5-7,12-20,24,26H,8-11,21-22H2,1-4H3,(H,33,37). The van der Waals surface area contributed by atoms with Gasteiger partial charge in [-0.05, 0) is 56.5 Å². The number of sulfonamides is 1. The first kappa shape index (κ1) is 30.9. The van der Waals surface area contributed by atoms with Crippen LogP contribution >= 0.6 is 0 Å². The highest BCUT2D eigenvalue weighted by Gasteiger charge is 2.33. The van der Waals surface area contributed by atoms with Gasteiger partial charge in [0.25, 0.3) is 10.0 Å². The van der Waals surface area contributed by atoms with Crippen LogP contribution < -0.4 is 19.1 Å². The summed E-state index contributed by atoms with van der Waals surface area (Å²) in [6.07, 6.45) is 3.95. The minimum Gasteiger partial charge on any atom is -0.493 e. The third-order valence-electron chi connectivity index (χ3n) is 7.61. The van der Waals surface area contributed by atoms with Crippen LogP contribution in [0.3, 0.4) is 0 Å². The molecule has 1 saturated carbocycles.